The van der Waals surface area contributed by atoms with Crippen LogP contribution in [0.2, 0.25) is 5.02 Å². The Morgan fingerprint density at radius 3 is 2.55 bits per heavy atom. The summed E-state index contributed by atoms with van der Waals surface area (Å²) in [5.74, 6) is 0.106. The van der Waals surface area contributed by atoms with Crippen molar-refractivity contribution >= 4 is 24.2 Å². The number of aromatic nitrogens is 4. The minimum atomic E-state index is -0.477. The van der Waals surface area contributed by atoms with Crippen molar-refractivity contribution in [2.45, 2.75) is 5.16 Å². The number of thiol groups is 1. The third-order valence-electron chi connectivity index (χ3n) is 2.75. The minimum absolute atomic E-state index is 0.0320. The highest BCUT2D eigenvalue weighted by Gasteiger charge is 2.14. The molecule has 0 spiro atoms. The van der Waals surface area contributed by atoms with Gasteiger partial charge in [0.15, 0.2) is 11.0 Å². The van der Waals surface area contributed by atoms with E-state index in [0.717, 1.165) is 5.56 Å². The standard InChI is InChI=1S/C13H8ClFN4S/c14-10-7-9(1-2-11(10)15)19-12(17-18-13(19)20)8-3-5-16-6-4-8/h1-7H,(H,18,20). The largest absolute Gasteiger partial charge is 0.270 e. The van der Waals surface area contributed by atoms with Gasteiger partial charge in [-0.05, 0) is 30.3 Å². The van der Waals surface area contributed by atoms with Gasteiger partial charge >= 0.3 is 0 Å². The van der Waals surface area contributed by atoms with E-state index in [0.29, 0.717) is 16.7 Å². The van der Waals surface area contributed by atoms with Crippen molar-refractivity contribution in [1.82, 2.24) is 19.7 Å². The van der Waals surface area contributed by atoms with Gasteiger partial charge in [0.2, 0.25) is 0 Å². The fraction of sp³-hybridized carbons (Fsp3) is 0. The quantitative estimate of drug-likeness (QED) is 0.738. The molecular weight excluding hydrogens is 299 g/mol. The molecule has 2 heterocycles. The molecule has 4 nitrogen and oxygen atoms in total. The summed E-state index contributed by atoms with van der Waals surface area (Å²) in [6, 6.07) is 8.00. The number of rotatable bonds is 2. The molecule has 0 fully saturated rings. The molecule has 1 aromatic carbocycles. The zero-order valence-electron chi connectivity index (χ0n) is 10.0. The highest BCUT2D eigenvalue weighted by molar-refractivity contribution is 7.80. The maximum atomic E-state index is 13.3. The lowest BCUT2D eigenvalue weighted by Gasteiger charge is -2.08. The van der Waals surface area contributed by atoms with E-state index >= 15 is 0 Å². The van der Waals surface area contributed by atoms with Gasteiger partial charge in [0.05, 0.1) is 10.7 Å². The van der Waals surface area contributed by atoms with Crippen molar-refractivity contribution in [2.75, 3.05) is 0 Å². The number of hydrogen-bond donors (Lipinski definition) is 1. The van der Waals surface area contributed by atoms with Gasteiger partial charge in [-0.1, -0.05) is 11.6 Å². The number of hydrogen-bond acceptors (Lipinski definition) is 4. The number of benzene rings is 1. The van der Waals surface area contributed by atoms with E-state index in [1.165, 1.54) is 12.1 Å². The zero-order chi connectivity index (χ0) is 14.1. The fourth-order valence-corrected chi connectivity index (χ4v) is 2.26. The van der Waals surface area contributed by atoms with Gasteiger partial charge < -0.3 is 0 Å². The molecule has 0 N–H and O–H groups in total. The van der Waals surface area contributed by atoms with Crippen molar-refractivity contribution in [3.8, 4) is 17.1 Å². The van der Waals surface area contributed by atoms with Gasteiger partial charge in [0.25, 0.3) is 0 Å². The Labute approximate surface area is 124 Å². The topological polar surface area (TPSA) is 43.6 Å². The minimum Gasteiger partial charge on any atom is -0.270 e. The number of pyridine rings is 1. The lowest BCUT2D eigenvalue weighted by atomic mass is 10.2. The van der Waals surface area contributed by atoms with E-state index in [-0.39, 0.29) is 5.02 Å². The maximum absolute atomic E-state index is 13.3. The molecule has 0 atom stereocenters. The van der Waals surface area contributed by atoms with Crippen LogP contribution < -0.4 is 0 Å². The van der Waals surface area contributed by atoms with Crippen LogP contribution in [0.5, 0.6) is 0 Å². The van der Waals surface area contributed by atoms with Gasteiger partial charge in [0.1, 0.15) is 5.82 Å². The molecule has 0 unspecified atom stereocenters. The Hall–Kier alpha value is -1.92. The van der Waals surface area contributed by atoms with Crippen LogP contribution in [0.15, 0.2) is 47.9 Å². The second-order valence-corrected chi connectivity index (χ2v) is 4.80. The molecule has 100 valence electrons. The molecule has 0 amide bonds. The molecule has 20 heavy (non-hydrogen) atoms. The second-order valence-electron chi connectivity index (χ2n) is 3.99. The van der Waals surface area contributed by atoms with Gasteiger partial charge in [-0.25, -0.2) is 4.39 Å². The van der Waals surface area contributed by atoms with Crippen LogP contribution in [0.3, 0.4) is 0 Å². The van der Waals surface area contributed by atoms with E-state index in [9.17, 15) is 4.39 Å². The monoisotopic (exact) mass is 306 g/mol. The molecule has 0 radical (unpaired) electrons. The molecular formula is C13H8ClFN4S. The summed E-state index contributed by atoms with van der Waals surface area (Å²) in [6.45, 7) is 0. The summed E-state index contributed by atoms with van der Waals surface area (Å²) in [7, 11) is 0. The van der Waals surface area contributed by atoms with Gasteiger partial charge in [-0.15, -0.1) is 22.8 Å². The molecule has 0 saturated carbocycles. The van der Waals surface area contributed by atoms with Crippen LogP contribution in [0.4, 0.5) is 4.39 Å². The van der Waals surface area contributed by atoms with Gasteiger partial charge in [-0.3, -0.25) is 9.55 Å². The average molecular weight is 307 g/mol. The molecule has 0 aliphatic heterocycles. The van der Waals surface area contributed by atoms with Crippen molar-refractivity contribution < 1.29 is 4.39 Å². The fourth-order valence-electron chi connectivity index (χ4n) is 1.83. The first-order valence-electron chi connectivity index (χ1n) is 5.67. The number of halogens is 2. The highest BCUT2D eigenvalue weighted by Crippen LogP contribution is 2.26. The van der Waals surface area contributed by atoms with E-state index in [1.54, 1.807) is 35.2 Å². The number of nitrogens with zero attached hydrogens (tertiary/aromatic N) is 4. The summed E-state index contributed by atoms with van der Waals surface area (Å²) in [5, 5.41) is 8.45. The van der Waals surface area contributed by atoms with Gasteiger partial charge in [0, 0.05) is 18.0 Å². The summed E-state index contributed by atoms with van der Waals surface area (Å²) in [6.07, 6.45) is 3.31. The Bertz CT molecular complexity index is 760. The third-order valence-corrected chi connectivity index (χ3v) is 3.32. The molecule has 0 saturated heterocycles. The lowest BCUT2D eigenvalue weighted by molar-refractivity contribution is 0.627. The first-order valence-corrected chi connectivity index (χ1v) is 6.49. The maximum Gasteiger partial charge on any atom is 0.193 e. The molecule has 0 aliphatic carbocycles. The molecule has 7 heteroatoms. The predicted octanol–water partition coefficient (Wildman–Crippen LogP) is 3.41. The Balaban J connectivity index is 2.19. The van der Waals surface area contributed by atoms with Crippen LogP contribution in [0, 0.1) is 5.82 Å². The second kappa shape index (κ2) is 5.22. The highest BCUT2D eigenvalue weighted by atomic mass is 35.5. The predicted molar refractivity (Wildman–Crippen MR) is 76.8 cm³/mol. The summed E-state index contributed by atoms with van der Waals surface area (Å²) < 4.78 is 14.9. The molecule has 0 aliphatic rings. The van der Waals surface area contributed by atoms with Crippen LogP contribution in [0.1, 0.15) is 0 Å². The third kappa shape index (κ3) is 2.28. The molecule has 0 bridgehead atoms. The van der Waals surface area contributed by atoms with Gasteiger partial charge in [-0.2, -0.15) is 0 Å². The normalized spacial score (nSPS) is 10.8. The summed E-state index contributed by atoms with van der Waals surface area (Å²) in [4.78, 5) is 3.96. The molecule has 3 rings (SSSR count). The smallest absolute Gasteiger partial charge is 0.193 e. The zero-order valence-corrected chi connectivity index (χ0v) is 11.7. The Morgan fingerprint density at radius 1 is 1.10 bits per heavy atom. The van der Waals surface area contributed by atoms with Crippen LogP contribution >= 0.6 is 24.2 Å². The lowest BCUT2D eigenvalue weighted by Crippen LogP contribution is -1.99. The average Bonchev–Trinajstić information content (AvgIpc) is 2.85. The van der Waals surface area contributed by atoms with Crippen LogP contribution in [0.25, 0.3) is 17.1 Å². The SMILES string of the molecule is Fc1ccc(-n2c(S)nnc2-c2ccncc2)cc1Cl. The van der Waals surface area contributed by atoms with E-state index in [4.69, 9.17) is 11.6 Å². The van der Waals surface area contributed by atoms with Crippen LogP contribution in [-0.4, -0.2) is 19.7 Å². The molecule has 2 aromatic heterocycles. The van der Waals surface area contributed by atoms with E-state index in [2.05, 4.69) is 27.8 Å². The van der Waals surface area contributed by atoms with E-state index in [1.807, 2.05) is 0 Å². The first-order chi connectivity index (χ1) is 9.66. The van der Waals surface area contributed by atoms with Crippen molar-refractivity contribution in [3.63, 3.8) is 0 Å². The van der Waals surface area contributed by atoms with Crippen molar-refractivity contribution in [1.29, 1.82) is 0 Å². The van der Waals surface area contributed by atoms with Crippen molar-refractivity contribution in [2.24, 2.45) is 0 Å². The van der Waals surface area contributed by atoms with E-state index < -0.39 is 5.82 Å². The summed E-state index contributed by atoms with van der Waals surface area (Å²) in [5.41, 5.74) is 1.46. The van der Waals surface area contributed by atoms with Crippen molar-refractivity contribution in [3.05, 3.63) is 53.6 Å². The summed E-state index contributed by atoms with van der Waals surface area (Å²) >= 11 is 10.1. The first kappa shape index (κ1) is 13.1. The Kier molecular flexibility index (Phi) is 3.42. The molecule has 3 aromatic rings. The van der Waals surface area contributed by atoms with Crippen LogP contribution in [-0.2, 0) is 0 Å². The Morgan fingerprint density at radius 2 is 1.85 bits per heavy atom.